The van der Waals surface area contributed by atoms with E-state index in [1.807, 2.05) is 6.92 Å². The molecule has 3 unspecified atom stereocenters. The van der Waals surface area contributed by atoms with Gasteiger partial charge in [-0.05, 0) is 37.3 Å². The topological polar surface area (TPSA) is 40.5 Å². The van der Waals surface area contributed by atoms with E-state index in [-0.39, 0.29) is 17.4 Å². The van der Waals surface area contributed by atoms with Gasteiger partial charge in [-0.2, -0.15) is 0 Å². The van der Waals surface area contributed by atoms with Gasteiger partial charge < -0.3 is 10.0 Å². The number of piperidine rings is 1. The van der Waals surface area contributed by atoms with Crippen LogP contribution in [0, 0.1) is 17.7 Å². The molecule has 1 amide bonds. The molecule has 3 atom stereocenters. The zero-order chi connectivity index (χ0) is 14.2. The fourth-order valence-electron chi connectivity index (χ4n) is 2.85. The Morgan fingerprint density at radius 1 is 1.37 bits per heavy atom. The highest BCUT2D eigenvalue weighted by Crippen LogP contribution is 2.30. The maximum absolute atomic E-state index is 13.8. The summed E-state index contributed by atoms with van der Waals surface area (Å²) in [6.45, 7) is 6.77. The van der Waals surface area contributed by atoms with E-state index in [4.69, 9.17) is 0 Å². The lowest BCUT2D eigenvalue weighted by Gasteiger charge is -2.41. The average Bonchev–Trinajstić information content (AvgIpc) is 2.33. The van der Waals surface area contributed by atoms with E-state index >= 15 is 0 Å². The van der Waals surface area contributed by atoms with Crippen LogP contribution in [0.5, 0.6) is 5.75 Å². The molecular weight excluding hydrogens is 245 g/mol. The molecule has 1 N–H and O–H groups in total. The zero-order valence-corrected chi connectivity index (χ0v) is 11.6. The first kappa shape index (κ1) is 13.8. The molecule has 1 aliphatic heterocycles. The number of hydrogen-bond donors (Lipinski definition) is 1. The first-order valence-corrected chi connectivity index (χ1v) is 6.70. The summed E-state index contributed by atoms with van der Waals surface area (Å²) in [6, 6.07) is 4.00. The quantitative estimate of drug-likeness (QED) is 0.848. The number of likely N-dealkylation sites (tertiary alicyclic amines) is 1. The number of phenolic OH excluding ortho intramolecular Hbond substituents is 1. The van der Waals surface area contributed by atoms with Crippen LogP contribution in [0.3, 0.4) is 0 Å². The molecule has 0 aliphatic carbocycles. The molecule has 104 valence electrons. The minimum absolute atomic E-state index is 0.0581. The fourth-order valence-corrected chi connectivity index (χ4v) is 2.85. The number of hydrogen-bond acceptors (Lipinski definition) is 2. The summed E-state index contributed by atoms with van der Waals surface area (Å²) >= 11 is 0. The lowest BCUT2D eigenvalue weighted by Crippen LogP contribution is -2.49. The van der Waals surface area contributed by atoms with Gasteiger partial charge in [0.1, 0.15) is 17.1 Å². The van der Waals surface area contributed by atoms with E-state index < -0.39 is 11.7 Å². The molecule has 1 fully saturated rings. The predicted molar refractivity (Wildman–Crippen MR) is 71.5 cm³/mol. The van der Waals surface area contributed by atoms with E-state index in [1.54, 1.807) is 4.90 Å². The smallest absolute Gasteiger partial charge is 0.260 e. The molecule has 0 aromatic heterocycles. The lowest BCUT2D eigenvalue weighted by molar-refractivity contribution is 0.0448. The number of rotatable bonds is 1. The molecule has 1 aliphatic rings. The van der Waals surface area contributed by atoms with Gasteiger partial charge in [0.2, 0.25) is 0 Å². The van der Waals surface area contributed by atoms with Crippen molar-refractivity contribution in [1.29, 1.82) is 0 Å². The summed E-state index contributed by atoms with van der Waals surface area (Å²) in [6.07, 6.45) is 1.06. The van der Waals surface area contributed by atoms with Crippen LogP contribution in [-0.2, 0) is 0 Å². The molecule has 0 saturated carbocycles. The van der Waals surface area contributed by atoms with E-state index in [2.05, 4.69) is 13.8 Å². The second kappa shape index (κ2) is 5.19. The SMILES string of the molecule is CC1CC(C)C(C)N(C(=O)c2c(O)cccc2F)C1. The molecule has 3 nitrogen and oxygen atoms in total. The summed E-state index contributed by atoms with van der Waals surface area (Å²) in [5.74, 6) is -0.599. The summed E-state index contributed by atoms with van der Waals surface area (Å²) in [5, 5.41) is 9.72. The minimum Gasteiger partial charge on any atom is -0.507 e. The third kappa shape index (κ3) is 2.57. The monoisotopic (exact) mass is 265 g/mol. The van der Waals surface area contributed by atoms with Gasteiger partial charge in [-0.15, -0.1) is 0 Å². The number of phenols is 1. The van der Waals surface area contributed by atoms with E-state index in [0.29, 0.717) is 18.4 Å². The van der Waals surface area contributed by atoms with Crippen LogP contribution in [0.1, 0.15) is 37.6 Å². The Morgan fingerprint density at radius 3 is 2.68 bits per heavy atom. The molecule has 2 rings (SSSR count). The number of amides is 1. The highest BCUT2D eigenvalue weighted by Gasteiger charge is 2.34. The number of carbonyl (C=O) groups is 1. The third-order valence-corrected chi connectivity index (χ3v) is 4.06. The van der Waals surface area contributed by atoms with Crippen LogP contribution >= 0.6 is 0 Å². The summed E-state index contributed by atoms with van der Waals surface area (Å²) in [5.41, 5.74) is -0.212. The van der Waals surface area contributed by atoms with Gasteiger partial charge in [0.15, 0.2) is 0 Å². The Morgan fingerprint density at radius 2 is 2.05 bits per heavy atom. The Balaban J connectivity index is 2.33. The first-order chi connectivity index (χ1) is 8.91. The second-order valence-corrected chi connectivity index (χ2v) is 5.65. The molecule has 0 spiro atoms. The van der Waals surface area contributed by atoms with Gasteiger partial charge in [-0.25, -0.2) is 4.39 Å². The summed E-state index contributed by atoms with van der Waals surface area (Å²) in [4.78, 5) is 14.1. The van der Waals surface area contributed by atoms with Crippen LogP contribution in [0.25, 0.3) is 0 Å². The predicted octanol–water partition coefficient (Wildman–Crippen LogP) is 3.04. The molecule has 1 saturated heterocycles. The number of benzene rings is 1. The van der Waals surface area contributed by atoms with E-state index in [0.717, 1.165) is 6.42 Å². The van der Waals surface area contributed by atoms with Crippen molar-refractivity contribution in [2.45, 2.75) is 33.2 Å². The van der Waals surface area contributed by atoms with Crippen LogP contribution in [0.15, 0.2) is 18.2 Å². The highest BCUT2D eigenvalue weighted by molar-refractivity contribution is 5.97. The molecule has 4 heteroatoms. The van der Waals surface area contributed by atoms with Crippen molar-refractivity contribution in [2.24, 2.45) is 11.8 Å². The van der Waals surface area contributed by atoms with Gasteiger partial charge in [0.25, 0.3) is 5.91 Å². The summed E-state index contributed by atoms with van der Waals surface area (Å²) < 4.78 is 13.8. The van der Waals surface area contributed by atoms with Crippen LogP contribution in [-0.4, -0.2) is 28.5 Å². The standard InChI is InChI=1S/C15H20FNO2/c1-9-7-10(2)11(3)17(8-9)15(19)14-12(16)5-4-6-13(14)18/h4-6,9-11,18H,7-8H2,1-3H3. The number of nitrogens with zero attached hydrogens (tertiary/aromatic N) is 1. The Bertz CT molecular complexity index is 469. The lowest BCUT2D eigenvalue weighted by atomic mass is 9.85. The number of aromatic hydroxyl groups is 1. The van der Waals surface area contributed by atoms with Crippen LogP contribution < -0.4 is 0 Å². The average molecular weight is 265 g/mol. The fraction of sp³-hybridized carbons (Fsp3) is 0.533. The molecule has 19 heavy (non-hydrogen) atoms. The highest BCUT2D eigenvalue weighted by atomic mass is 19.1. The van der Waals surface area contributed by atoms with Crippen molar-refractivity contribution in [2.75, 3.05) is 6.54 Å². The molecular formula is C15H20FNO2. The summed E-state index contributed by atoms with van der Waals surface area (Å²) in [7, 11) is 0. The van der Waals surface area contributed by atoms with Gasteiger partial charge in [-0.1, -0.05) is 19.9 Å². The van der Waals surface area contributed by atoms with Crippen molar-refractivity contribution in [3.63, 3.8) is 0 Å². The Labute approximate surface area is 113 Å². The number of carbonyl (C=O) groups excluding carboxylic acids is 1. The maximum Gasteiger partial charge on any atom is 0.260 e. The minimum atomic E-state index is -0.664. The zero-order valence-electron chi connectivity index (χ0n) is 11.6. The van der Waals surface area contributed by atoms with E-state index in [1.165, 1.54) is 18.2 Å². The molecule has 1 aromatic rings. The normalized spacial score (nSPS) is 27.4. The number of halogens is 1. The van der Waals surface area contributed by atoms with Crippen molar-refractivity contribution in [3.05, 3.63) is 29.6 Å². The van der Waals surface area contributed by atoms with Crippen LogP contribution in [0.2, 0.25) is 0 Å². The van der Waals surface area contributed by atoms with Crippen molar-refractivity contribution in [1.82, 2.24) is 4.90 Å². The van der Waals surface area contributed by atoms with Gasteiger partial charge in [0, 0.05) is 12.6 Å². The van der Waals surface area contributed by atoms with Gasteiger partial charge in [-0.3, -0.25) is 4.79 Å². The Kier molecular flexibility index (Phi) is 3.78. The largest absolute Gasteiger partial charge is 0.507 e. The van der Waals surface area contributed by atoms with Gasteiger partial charge in [0.05, 0.1) is 0 Å². The second-order valence-electron chi connectivity index (χ2n) is 5.65. The molecule has 1 aromatic carbocycles. The maximum atomic E-state index is 13.8. The van der Waals surface area contributed by atoms with Crippen molar-refractivity contribution >= 4 is 5.91 Å². The first-order valence-electron chi connectivity index (χ1n) is 6.70. The molecule has 0 bridgehead atoms. The van der Waals surface area contributed by atoms with Crippen molar-refractivity contribution < 1.29 is 14.3 Å². The van der Waals surface area contributed by atoms with Gasteiger partial charge >= 0.3 is 0 Å². The van der Waals surface area contributed by atoms with Crippen molar-refractivity contribution in [3.8, 4) is 5.75 Å². The van der Waals surface area contributed by atoms with Crippen LogP contribution in [0.4, 0.5) is 4.39 Å². The molecule has 0 radical (unpaired) electrons. The third-order valence-electron chi connectivity index (χ3n) is 4.06. The van der Waals surface area contributed by atoms with E-state index in [9.17, 15) is 14.3 Å². The molecule has 1 heterocycles. The Hall–Kier alpha value is -1.58.